The summed E-state index contributed by atoms with van der Waals surface area (Å²) in [4.78, 5) is 26.7. The first-order valence-corrected chi connectivity index (χ1v) is 7.96. The van der Waals surface area contributed by atoms with Gasteiger partial charge in [0.15, 0.2) is 16.6 Å². The van der Waals surface area contributed by atoms with Crippen molar-refractivity contribution in [3.63, 3.8) is 0 Å². The molecule has 0 saturated heterocycles. The molecule has 0 atom stereocenters. The normalized spacial score (nSPS) is 11.0. The van der Waals surface area contributed by atoms with E-state index < -0.39 is 4.92 Å². The first kappa shape index (κ1) is 16.1. The highest BCUT2D eigenvalue weighted by atomic mass is 35.5. The molecule has 0 aliphatic carbocycles. The zero-order chi connectivity index (χ0) is 17.1. The third-order valence-corrected chi connectivity index (χ3v) is 4.28. The summed E-state index contributed by atoms with van der Waals surface area (Å²) in [5, 5.41) is 13.3. The molecule has 0 saturated carbocycles. The second-order valence-electron chi connectivity index (χ2n) is 4.68. The third-order valence-electron chi connectivity index (χ3n) is 3.09. The van der Waals surface area contributed by atoms with Crippen LogP contribution in [0.25, 0.3) is 16.8 Å². The number of carbonyl (C=O) groups excluding carboxylic acids is 1. The Kier molecular flexibility index (Phi) is 4.54. The van der Waals surface area contributed by atoms with Crippen LogP contribution in [0.3, 0.4) is 0 Å². The van der Waals surface area contributed by atoms with E-state index in [1.54, 1.807) is 29.9 Å². The summed E-state index contributed by atoms with van der Waals surface area (Å²) in [6, 6.07) is 7.49. The van der Waals surface area contributed by atoms with Gasteiger partial charge in [-0.25, -0.2) is 4.98 Å². The molecular formula is C16H9ClN2O4S. The molecule has 0 aliphatic heterocycles. The van der Waals surface area contributed by atoms with Gasteiger partial charge in [0.05, 0.1) is 16.9 Å². The molecule has 0 radical (unpaired) electrons. The maximum absolute atomic E-state index is 12.1. The van der Waals surface area contributed by atoms with E-state index in [0.29, 0.717) is 16.5 Å². The molecule has 0 N–H and O–H groups in total. The van der Waals surface area contributed by atoms with Gasteiger partial charge in [0.1, 0.15) is 5.02 Å². The fourth-order valence-corrected chi connectivity index (χ4v) is 2.88. The monoisotopic (exact) mass is 360 g/mol. The Balaban J connectivity index is 1.78. The van der Waals surface area contributed by atoms with Gasteiger partial charge in [-0.3, -0.25) is 14.9 Å². The molecule has 3 aromatic rings. The Morgan fingerprint density at radius 1 is 1.38 bits per heavy atom. The highest BCUT2D eigenvalue weighted by Crippen LogP contribution is 2.26. The average Bonchev–Trinajstić information content (AvgIpc) is 3.24. The van der Waals surface area contributed by atoms with Gasteiger partial charge < -0.3 is 4.42 Å². The van der Waals surface area contributed by atoms with Crippen LogP contribution in [0.15, 0.2) is 52.5 Å². The van der Waals surface area contributed by atoms with Gasteiger partial charge in [-0.1, -0.05) is 11.6 Å². The predicted molar refractivity (Wildman–Crippen MR) is 91.3 cm³/mol. The first-order valence-electron chi connectivity index (χ1n) is 6.70. The fourth-order valence-electron chi connectivity index (χ4n) is 1.94. The lowest BCUT2D eigenvalue weighted by atomic mass is 10.1. The molecular weight excluding hydrogens is 352 g/mol. The summed E-state index contributed by atoms with van der Waals surface area (Å²) in [6.07, 6.45) is 4.42. The lowest BCUT2D eigenvalue weighted by Crippen LogP contribution is -1.97. The molecule has 1 aromatic carbocycles. The molecule has 2 heterocycles. The van der Waals surface area contributed by atoms with E-state index in [2.05, 4.69) is 4.98 Å². The maximum Gasteiger partial charge on any atom is 0.288 e. The van der Waals surface area contributed by atoms with E-state index in [1.165, 1.54) is 29.5 Å². The van der Waals surface area contributed by atoms with E-state index in [9.17, 15) is 14.9 Å². The smallest absolute Gasteiger partial charge is 0.288 e. The number of halogens is 1. The average molecular weight is 361 g/mol. The zero-order valence-corrected chi connectivity index (χ0v) is 13.6. The number of aromatic nitrogens is 1. The van der Waals surface area contributed by atoms with Crippen LogP contribution in [0.5, 0.6) is 0 Å². The Morgan fingerprint density at radius 2 is 2.21 bits per heavy atom. The minimum atomic E-state index is -0.626. The highest BCUT2D eigenvalue weighted by Gasteiger charge is 2.15. The SMILES string of the molecule is O=C(C=Cc1csc(-c2ccco2)n1)c1ccc(Cl)c([N+](=O)[O-])c1. The van der Waals surface area contributed by atoms with E-state index in [1.807, 2.05) is 0 Å². The van der Waals surface area contributed by atoms with Gasteiger partial charge >= 0.3 is 0 Å². The van der Waals surface area contributed by atoms with E-state index in [0.717, 1.165) is 6.07 Å². The number of thiazole rings is 1. The van der Waals surface area contributed by atoms with Gasteiger partial charge in [0.25, 0.3) is 5.69 Å². The number of benzene rings is 1. The minimum Gasteiger partial charge on any atom is -0.462 e. The van der Waals surface area contributed by atoms with Crippen molar-refractivity contribution in [1.82, 2.24) is 4.98 Å². The van der Waals surface area contributed by atoms with E-state index in [-0.39, 0.29) is 22.1 Å². The predicted octanol–water partition coefficient (Wildman–Crippen LogP) is 4.86. The van der Waals surface area contributed by atoms with Crippen LogP contribution in [-0.4, -0.2) is 15.7 Å². The lowest BCUT2D eigenvalue weighted by Gasteiger charge is -1.98. The van der Waals surface area contributed by atoms with E-state index >= 15 is 0 Å². The number of carbonyl (C=O) groups is 1. The minimum absolute atomic E-state index is 0.0110. The Morgan fingerprint density at radius 3 is 2.92 bits per heavy atom. The Bertz CT molecular complexity index is 931. The van der Waals surface area contributed by atoms with Crippen molar-refractivity contribution in [1.29, 1.82) is 0 Å². The first-order chi connectivity index (χ1) is 11.5. The Labute approximate surface area is 145 Å². The molecule has 0 spiro atoms. The number of hydrogen-bond donors (Lipinski definition) is 0. The van der Waals surface area contributed by atoms with Gasteiger partial charge in [-0.2, -0.15) is 0 Å². The van der Waals surface area contributed by atoms with Crippen LogP contribution >= 0.6 is 22.9 Å². The lowest BCUT2D eigenvalue weighted by molar-refractivity contribution is -0.384. The van der Waals surface area contributed by atoms with Crippen molar-refractivity contribution in [2.24, 2.45) is 0 Å². The topological polar surface area (TPSA) is 86.2 Å². The molecule has 0 aliphatic rings. The van der Waals surface area contributed by atoms with Crippen molar-refractivity contribution in [2.45, 2.75) is 0 Å². The van der Waals surface area contributed by atoms with Crippen molar-refractivity contribution in [2.75, 3.05) is 0 Å². The number of allylic oxidation sites excluding steroid dienone is 1. The molecule has 3 rings (SSSR count). The van der Waals surface area contributed by atoms with Gasteiger partial charge in [0, 0.05) is 17.0 Å². The molecule has 0 amide bonds. The van der Waals surface area contributed by atoms with Gasteiger partial charge in [0.2, 0.25) is 0 Å². The summed E-state index contributed by atoms with van der Waals surface area (Å²) in [5.41, 5.74) is 0.483. The van der Waals surface area contributed by atoms with Crippen LogP contribution in [0, 0.1) is 10.1 Å². The van der Waals surface area contributed by atoms with Crippen LogP contribution in [0.4, 0.5) is 5.69 Å². The molecule has 0 unspecified atom stereocenters. The summed E-state index contributed by atoms with van der Waals surface area (Å²) < 4.78 is 5.26. The molecule has 24 heavy (non-hydrogen) atoms. The van der Waals surface area contributed by atoms with Gasteiger partial charge in [-0.05, 0) is 36.4 Å². The number of nitrogens with zero attached hydrogens (tertiary/aromatic N) is 2. The van der Waals surface area contributed by atoms with Crippen LogP contribution in [-0.2, 0) is 0 Å². The molecule has 6 nitrogen and oxygen atoms in total. The number of nitro benzene ring substituents is 1. The van der Waals surface area contributed by atoms with Crippen molar-refractivity contribution in [3.8, 4) is 10.8 Å². The number of hydrogen-bond acceptors (Lipinski definition) is 6. The Hall–Kier alpha value is -2.77. The molecule has 8 heteroatoms. The van der Waals surface area contributed by atoms with Gasteiger partial charge in [-0.15, -0.1) is 11.3 Å². The van der Waals surface area contributed by atoms with Crippen molar-refractivity contribution >= 4 is 40.5 Å². The zero-order valence-electron chi connectivity index (χ0n) is 12.0. The molecule has 0 fully saturated rings. The number of ketones is 1. The van der Waals surface area contributed by atoms with Crippen molar-refractivity contribution in [3.05, 3.63) is 74.4 Å². The molecule has 120 valence electrons. The second-order valence-corrected chi connectivity index (χ2v) is 5.94. The maximum atomic E-state index is 12.1. The largest absolute Gasteiger partial charge is 0.462 e. The number of furan rings is 1. The third kappa shape index (κ3) is 3.42. The summed E-state index contributed by atoms with van der Waals surface area (Å²) >= 11 is 7.12. The van der Waals surface area contributed by atoms with Crippen molar-refractivity contribution < 1.29 is 14.1 Å². The summed E-state index contributed by atoms with van der Waals surface area (Å²) in [5.74, 6) is 0.279. The van der Waals surface area contributed by atoms with E-state index in [4.69, 9.17) is 16.0 Å². The fraction of sp³-hybridized carbons (Fsp3) is 0. The summed E-state index contributed by atoms with van der Waals surface area (Å²) in [6.45, 7) is 0. The second kappa shape index (κ2) is 6.77. The number of rotatable bonds is 5. The molecule has 0 bridgehead atoms. The molecule has 2 aromatic heterocycles. The number of nitro groups is 1. The standard InChI is InChI=1S/C16H9ClN2O4S/c17-12-5-3-10(8-13(12)19(21)22)14(20)6-4-11-9-24-16(18-11)15-2-1-7-23-15/h1-9H. The van der Waals surface area contributed by atoms with Crippen LogP contribution < -0.4 is 0 Å². The van der Waals surface area contributed by atoms with Crippen LogP contribution in [0.1, 0.15) is 16.1 Å². The summed E-state index contributed by atoms with van der Waals surface area (Å²) in [7, 11) is 0. The van der Waals surface area contributed by atoms with Crippen LogP contribution in [0.2, 0.25) is 5.02 Å². The highest BCUT2D eigenvalue weighted by molar-refractivity contribution is 7.13. The quantitative estimate of drug-likeness (QED) is 0.280.